The third kappa shape index (κ3) is 7.65. The minimum Gasteiger partial charge on any atom is -0.357 e. The highest BCUT2D eigenvalue weighted by atomic mass is 127. The number of halogens is 1. The molecule has 0 aromatic rings. The van der Waals surface area contributed by atoms with Crippen molar-refractivity contribution in [2.75, 3.05) is 19.6 Å². The van der Waals surface area contributed by atoms with Crippen molar-refractivity contribution in [3.8, 4) is 0 Å². The van der Waals surface area contributed by atoms with E-state index in [0.717, 1.165) is 12.5 Å². The summed E-state index contributed by atoms with van der Waals surface area (Å²) in [5, 5.41) is 9.66. The molecule has 1 aliphatic rings. The molecular formula is C16H33IN4O. The molecule has 130 valence electrons. The summed E-state index contributed by atoms with van der Waals surface area (Å²) in [6, 6.07) is 0.518. The SMILES string of the molecule is CCNC(=O)C(C)(C)CN=C(NCC)NC1CCCCC1.I. The van der Waals surface area contributed by atoms with E-state index < -0.39 is 5.41 Å². The van der Waals surface area contributed by atoms with Crippen LogP contribution in [0.15, 0.2) is 4.99 Å². The van der Waals surface area contributed by atoms with Crippen molar-refractivity contribution in [2.45, 2.75) is 65.8 Å². The highest BCUT2D eigenvalue weighted by Gasteiger charge is 2.27. The molecule has 0 bridgehead atoms. The van der Waals surface area contributed by atoms with Crippen LogP contribution in [0.3, 0.4) is 0 Å². The lowest BCUT2D eigenvalue weighted by Gasteiger charge is -2.26. The van der Waals surface area contributed by atoms with Crippen LogP contribution in [0.5, 0.6) is 0 Å². The van der Waals surface area contributed by atoms with E-state index >= 15 is 0 Å². The Bertz CT molecular complexity index is 352. The van der Waals surface area contributed by atoms with Crippen LogP contribution in [0, 0.1) is 5.41 Å². The number of nitrogens with zero attached hydrogens (tertiary/aromatic N) is 1. The second-order valence-electron chi connectivity index (χ2n) is 6.42. The summed E-state index contributed by atoms with van der Waals surface area (Å²) in [5.74, 6) is 0.893. The number of amides is 1. The fourth-order valence-corrected chi connectivity index (χ4v) is 2.51. The molecule has 3 N–H and O–H groups in total. The molecule has 1 fully saturated rings. The second-order valence-corrected chi connectivity index (χ2v) is 6.42. The van der Waals surface area contributed by atoms with Gasteiger partial charge in [0.05, 0.1) is 12.0 Å². The summed E-state index contributed by atoms with van der Waals surface area (Å²) >= 11 is 0. The summed E-state index contributed by atoms with van der Waals surface area (Å²) in [6.45, 7) is 9.85. The second kappa shape index (κ2) is 11.1. The van der Waals surface area contributed by atoms with E-state index in [1.165, 1.54) is 32.1 Å². The molecule has 0 heterocycles. The summed E-state index contributed by atoms with van der Waals surface area (Å²) in [4.78, 5) is 16.6. The average molecular weight is 424 g/mol. The van der Waals surface area contributed by atoms with Gasteiger partial charge in [-0.1, -0.05) is 19.3 Å². The zero-order chi connectivity index (χ0) is 15.7. The van der Waals surface area contributed by atoms with E-state index in [1.807, 2.05) is 20.8 Å². The highest BCUT2D eigenvalue weighted by Crippen LogP contribution is 2.18. The Hall–Kier alpha value is -0.530. The molecule has 0 aromatic heterocycles. The summed E-state index contributed by atoms with van der Waals surface area (Å²) < 4.78 is 0. The predicted octanol–water partition coefficient (Wildman–Crippen LogP) is 2.65. The summed E-state index contributed by atoms with van der Waals surface area (Å²) in [5.41, 5.74) is -0.481. The van der Waals surface area contributed by atoms with Crippen molar-refractivity contribution in [3.05, 3.63) is 0 Å². The van der Waals surface area contributed by atoms with Crippen molar-refractivity contribution in [2.24, 2.45) is 10.4 Å². The standard InChI is InChI=1S/C16H32N4O.HI/c1-5-17-14(21)16(3,4)12-19-15(18-6-2)20-13-10-8-7-9-11-13;/h13H,5-12H2,1-4H3,(H,17,21)(H2,18,19,20);1H. The van der Waals surface area contributed by atoms with Crippen LogP contribution in [0.2, 0.25) is 0 Å². The lowest BCUT2D eigenvalue weighted by Crippen LogP contribution is -2.45. The number of rotatable bonds is 6. The van der Waals surface area contributed by atoms with E-state index in [4.69, 9.17) is 0 Å². The third-order valence-electron chi connectivity index (χ3n) is 3.87. The van der Waals surface area contributed by atoms with Crippen molar-refractivity contribution < 1.29 is 4.79 Å². The van der Waals surface area contributed by atoms with Gasteiger partial charge in [0.15, 0.2) is 5.96 Å². The molecule has 1 aliphatic carbocycles. The molecule has 1 amide bonds. The molecule has 6 heteroatoms. The maximum atomic E-state index is 12.0. The number of carbonyl (C=O) groups excluding carboxylic acids is 1. The predicted molar refractivity (Wildman–Crippen MR) is 104 cm³/mol. The highest BCUT2D eigenvalue weighted by molar-refractivity contribution is 14.0. The van der Waals surface area contributed by atoms with E-state index in [1.54, 1.807) is 0 Å². The number of guanidine groups is 1. The van der Waals surface area contributed by atoms with Crippen LogP contribution in [0.25, 0.3) is 0 Å². The molecular weight excluding hydrogens is 391 g/mol. The van der Waals surface area contributed by atoms with Gasteiger partial charge in [0.2, 0.25) is 5.91 Å². The van der Waals surface area contributed by atoms with Gasteiger partial charge in [-0.3, -0.25) is 9.79 Å². The molecule has 0 spiro atoms. The lowest BCUT2D eigenvalue weighted by molar-refractivity contribution is -0.128. The van der Waals surface area contributed by atoms with Crippen molar-refractivity contribution in [3.63, 3.8) is 0 Å². The van der Waals surface area contributed by atoms with Gasteiger partial charge in [-0.25, -0.2) is 0 Å². The molecule has 0 radical (unpaired) electrons. The van der Waals surface area contributed by atoms with Gasteiger partial charge in [-0.15, -0.1) is 24.0 Å². The molecule has 0 unspecified atom stereocenters. The Kier molecular flexibility index (Phi) is 10.8. The van der Waals surface area contributed by atoms with Gasteiger partial charge in [0.25, 0.3) is 0 Å². The van der Waals surface area contributed by atoms with Gasteiger partial charge in [-0.05, 0) is 40.5 Å². The minimum atomic E-state index is -0.481. The van der Waals surface area contributed by atoms with Gasteiger partial charge in [0, 0.05) is 19.1 Å². The van der Waals surface area contributed by atoms with Crippen molar-refractivity contribution in [1.29, 1.82) is 0 Å². The summed E-state index contributed by atoms with van der Waals surface area (Å²) in [6.07, 6.45) is 6.35. The van der Waals surface area contributed by atoms with Gasteiger partial charge >= 0.3 is 0 Å². The molecule has 1 saturated carbocycles. The maximum absolute atomic E-state index is 12.0. The molecule has 1 rings (SSSR count). The van der Waals surface area contributed by atoms with Crippen LogP contribution in [0.1, 0.15) is 59.8 Å². The first-order chi connectivity index (χ1) is 9.99. The Morgan fingerprint density at radius 2 is 1.68 bits per heavy atom. The number of carbonyl (C=O) groups is 1. The van der Waals surface area contributed by atoms with Gasteiger partial charge in [0.1, 0.15) is 0 Å². The quantitative estimate of drug-likeness (QED) is 0.349. The van der Waals surface area contributed by atoms with Crippen LogP contribution in [0.4, 0.5) is 0 Å². The van der Waals surface area contributed by atoms with E-state index in [2.05, 4.69) is 27.9 Å². The van der Waals surface area contributed by atoms with E-state index in [9.17, 15) is 4.79 Å². The molecule has 0 aromatic carbocycles. The molecule has 0 atom stereocenters. The monoisotopic (exact) mass is 424 g/mol. The van der Waals surface area contributed by atoms with Crippen LogP contribution in [-0.4, -0.2) is 37.5 Å². The number of nitrogens with one attached hydrogen (secondary N) is 3. The van der Waals surface area contributed by atoms with E-state index in [-0.39, 0.29) is 29.9 Å². The Morgan fingerprint density at radius 1 is 1.09 bits per heavy atom. The third-order valence-corrected chi connectivity index (χ3v) is 3.87. The molecule has 5 nitrogen and oxygen atoms in total. The first kappa shape index (κ1) is 21.5. The van der Waals surface area contributed by atoms with Crippen molar-refractivity contribution >= 4 is 35.8 Å². The minimum absolute atomic E-state index is 0. The van der Waals surface area contributed by atoms with Crippen LogP contribution < -0.4 is 16.0 Å². The Labute approximate surface area is 152 Å². The van der Waals surface area contributed by atoms with Crippen LogP contribution in [-0.2, 0) is 4.79 Å². The first-order valence-electron chi connectivity index (χ1n) is 8.32. The maximum Gasteiger partial charge on any atom is 0.227 e. The summed E-state index contributed by atoms with van der Waals surface area (Å²) in [7, 11) is 0. The van der Waals surface area contributed by atoms with Crippen LogP contribution >= 0.6 is 24.0 Å². The lowest BCUT2D eigenvalue weighted by atomic mass is 9.92. The zero-order valence-electron chi connectivity index (χ0n) is 14.5. The molecule has 22 heavy (non-hydrogen) atoms. The first-order valence-corrected chi connectivity index (χ1v) is 8.32. The fourth-order valence-electron chi connectivity index (χ4n) is 2.51. The number of aliphatic imine (C=N–C) groups is 1. The normalized spacial score (nSPS) is 16.6. The van der Waals surface area contributed by atoms with Crippen molar-refractivity contribution in [1.82, 2.24) is 16.0 Å². The van der Waals surface area contributed by atoms with Gasteiger partial charge in [-0.2, -0.15) is 0 Å². The molecule has 0 saturated heterocycles. The average Bonchev–Trinajstić information content (AvgIpc) is 2.46. The Balaban J connectivity index is 0.00000441. The number of hydrogen-bond acceptors (Lipinski definition) is 2. The smallest absolute Gasteiger partial charge is 0.227 e. The largest absolute Gasteiger partial charge is 0.357 e. The zero-order valence-corrected chi connectivity index (χ0v) is 16.8. The number of hydrogen-bond donors (Lipinski definition) is 3. The van der Waals surface area contributed by atoms with Gasteiger partial charge < -0.3 is 16.0 Å². The Morgan fingerprint density at radius 3 is 2.23 bits per heavy atom. The topological polar surface area (TPSA) is 65.5 Å². The fraction of sp³-hybridized carbons (Fsp3) is 0.875. The van der Waals surface area contributed by atoms with E-state index in [0.29, 0.717) is 19.1 Å². The molecule has 0 aliphatic heterocycles.